The SMILES string of the molecule is COc1ccc(-c2c(C#N)c(=O)c2=O)cc1. The summed E-state index contributed by atoms with van der Waals surface area (Å²) in [5.74, 6) is 0.654. The lowest BCUT2D eigenvalue weighted by Gasteiger charge is -2.06. The minimum atomic E-state index is -0.701. The predicted molar refractivity (Wildman–Crippen MR) is 58.1 cm³/mol. The molecular formula is C12H7NO3. The molecule has 0 fully saturated rings. The van der Waals surface area contributed by atoms with E-state index in [4.69, 9.17) is 10.00 Å². The fourth-order valence-corrected chi connectivity index (χ4v) is 1.53. The quantitative estimate of drug-likeness (QED) is 0.693. The fourth-order valence-electron chi connectivity index (χ4n) is 1.53. The van der Waals surface area contributed by atoms with Gasteiger partial charge in [0.2, 0.25) is 10.9 Å². The van der Waals surface area contributed by atoms with E-state index in [9.17, 15) is 9.59 Å². The van der Waals surface area contributed by atoms with Crippen molar-refractivity contribution in [2.24, 2.45) is 0 Å². The lowest BCUT2D eigenvalue weighted by molar-refractivity contribution is 0.415. The van der Waals surface area contributed by atoms with Crippen LogP contribution < -0.4 is 15.6 Å². The maximum absolute atomic E-state index is 11.3. The van der Waals surface area contributed by atoms with E-state index < -0.39 is 10.9 Å². The molecule has 0 aliphatic carbocycles. The normalized spacial score (nSPS) is 10.0. The summed E-state index contributed by atoms with van der Waals surface area (Å²) < 4.78 is 4.97. The molecule has 0 radical (unpaired) electrons. The van der Waals surface area contributed by atoms with E-state index in [2.05, 4.69) is 0 Å². The zero-order valence-corrected chi connectivity index (χ0v) is 8.48. The van der Waals surface area contributed by atoms with E-state index in [1.165, 1.54) is 7.11 Å². The van der Waals surface area contributed by atoms with Crippen LogP contribution in [0, 0.1) is 11.3 Å². The lowest BCUT2D eigenvalue weighted by atomic mass is 9.95. The first-order valence-electron chi connectivity index (χ1n) is 4.57. The van der Waals surface area contributed by atoms with Crippen LogP contribution in [-0.2, 0) is 0 Å². The Bertz CT molecular complexity index is 640. The van der Waals surface area contributed by atoms with Crippen LogP contribution in [0.1, 0.15) is 5.56 Å². The van der Waals surface area contributed by atoms with Crippen molar-refractivity contribution >= 4 is 0 Å². The van der Waals surface area contributed by atoms with Gasteiger partial charge in [0.25, 0.3) is 0 Å². The topological polar surface area (TPSA) is 67.2 Å². The van der Waals surface area contributed by atoms with Crippen LogP contribution in [0.4, 0.5) is 0 Å². The summed E-state index contributed by atoms with van der Waals surface area (Å²) in [6.07, 6.45) is 0. The molecule has 0 N–H and O–H groups in total. The predicted octanol–water partition coefficient (Wildman–Crippen LogP) is 0.830. The smallest absolute Gasteiger partial charge is 0.244 e. The van der Waals surface area contributed by atoms with Crippen molar-refractivity contribution in [2.45, 2.75) is 0 Å². The first-order chi connectivity index (χ1) is 7.69. The minimum absolute atomic E-state index is 0.0600. The summed E-state index contributed by atoms with van der Waals surface area (Å²) in [4.78, 5) is 22.3. The van der Waals surface area contributed by atoms with Crippen molar-refractivity contribution in [3.63, 3.8) is 0 Å². The summed E-state index contributed by atoms with van der Waals surface area (Å²) >= 11 is 0. The number of ether oxygens (including phenoxy) is 1. The van der Waals surface area contributed by atoms with Gasteiger partial charge in [-0.25, -0.2) is 0 Å². The van der Waals surface area contributed by atoms with Gasteiger partial charge in [0, 0.05) is 0 Å². The summed E-state index contributed by atoms with van der Waals surface area (Å²) in [6.45, 7) is 0. The fraction of sp³-hybridized carbons (Fsp3) is 0.0833. The Balaban J connectivity index is 2.53. The molecule has 0 bridgehead atoms. The number of rotatable bonds is 2. The van der Waals surface area contributed by atoms with Crippen LogP contribution in [0.15, 0.2) is 33.9 Å². The highest BCUT2D eigenvalue weighted by Crippen LogP contribution is 2.21. The third kappa shape index (κ3) is 1.30. The van der Waals surface area contributed by atoms with Crippen LogP contribution in [0.3, 0.4) is 0 Å². The van der Waals surface area contributed by atoms with Gasteiger partial charge >= 0.3 is 0 Å². The monoisotopic (exact) mass is 213 g/mol. The molecule has 0 aromatic heterocycles. The van der Waals surface area contributed by atoms with Crippen molar-refractivity contribution in [2.75, 3.05) is 7.11 Å². The molecule has 4 nitrogen and oxygen atoms in total. The number of nitrogens with zero attached hydrogens (tertiary/aromatic N) is 1. The second-order valence-corrected chi connectivity index (χ2v) is 3.25. The molecular weight excluding hydrogens is 206 g/mol. The Hall–Kier alpha value is -2.41. The van der Waals surface area contributed by atoms with Gasteiger partial charge in [-0.2, -0.15) is 5.26 Å². The van der Waals surface area contributed by atoms with E-state index in [1.54, 1.807) is 30.3 Å². The first-order valence-corrected chi connectivity index (χ1v) is 4.57. The van der Waals surface area contributed by atoms with Gasteiger partial charge in [0.15, 0.2) is 0 Å². The number of hydrogen-bond donors (Lipinski definition) is 0. The molecule has 0 saturated heterocycles. The molecule has 0 saturated carbocycles. The molecule has 78 valence electrons. The molecule has 0 atom stereocenters. The van der Waals surface area contributed by atoms with E-state index in [1.807, 2.05) is 0 Å². The van der Waals surface area contributed by atoms with Gasteiger partial charge in [-0.15, -0.1) is 0 Å². The van der Waals surface area contributed by atoms with Crippen LogP contribution >= 0.6 is 0 Å². The van der Waals surface area contributed by atoms with Crippen molar-refractivity contribution < 1.29 is 4.74 Å². The summed E-state index contributed by atoms with van der Waals surface area (Å²) in [5, 5.41) is 8.70. The second kappa shape index (κ2) is 3.63. The molecule has 0 spiro atoms. The largest absolute Gasteiger partial charge is 0.497 e. The third-order valence-corrected chi connectivity index (χ3v) is 2.40. The Morgan fingerprint density at radius 3 is 2.25 bits per heavy atom. The zero-order valence-electron chi connectivity index (χ0n) is 8.48. The highest BCUT2D eigenvalue weighted by molar-refractivity contribution is 5.74. The summed E-state index contributed by atoms with van der Waals surface area (Å²) in [6, 6.07) is 8.38. The van der Waals surface area contributed by atoms with Crippen LogP contribution in [-0.4, -0.2) is 7.11 Å². The molecule has 0 unspecified atom stereocenters. The van der Waals surface area contributed by atoms with Crippen LogP contribution in [0.25, 0.3) is 11.1 Å². The van der Waals surface area contributed by atoms with Crippen molar-refractivity contribution in [1.29, 1.82) is 5.26 Å². The van der Waals surface area contributed by atoms with E-state index in [0.29, 0.717) is 11.3 Å². The Labute approximate surface area is 91.0 Å². The van der Waals surface area contributed by atoms with E-state index in [0.717, 1.165) is 0 Å². The van der Waals surface area contributed by atoms with Gasteiger partial charge in [0.1, 0.15) is 17.4 Å². The van der Waals surface area contributed by atoms with Gasteiger partial charge < -0.3 is 4.74 Å². The minimum Gasteiger partial charge on any atom is -0.497 e. The van der Waals surface area contributed by atoms with E-state index in [-0.39, 0.29) is 11.1 Å². The third-order valence-electron chi connectivity index (χ3n) is 2.40. The highest BCUT2D eigenvalue weighted by atomic mass is 16.5. The molecule has 0 amide bonds. The molecule has 0 aliphatic heterocycles. The van der Waals surface area contributed by atoms with E-state index >= 15 is 0 Å². The number of benzene rings is 1. The molecule has 2 aromatic carbocycles. The first kappa shape index (κ1) is 10.1. The van der Waals surface area contributed by atoms with Gasteiger partial charge in [-0.3, -0.25) is 9.59 Å². The molecule has 0 heterocycles. The maximum Gasteiger partial charge on any atom is 0.244 e. The van der Waals surface area contributed by atoms with Gasteiger partial charge in [0.05, 0.1) is 12.7 Å². The Kier molecular flexibility index (Phi) is 2.29. The summed E-state index contributed by atoms with van der Waals surface area (Å²) in [5.41, 5.74) is -0.581. The van der Waals surface area contributed by atoms with Crippen LogP contribution in [0.5, 0.6) is 5.75 Å². The molecule has 2 rings (SSSR count). The maximum atomic E-state index is 11.3. The second-order valence-electron chi connectivity index (χ2n) is 3.25. The zero-order chi connectivity index (χ0) is 11.7. The van der Waals surface area contributed by atoms with Crippen molar-refractivity contribution in [3.8, 4) is 22.9 Å². The average Bonchev–Trinajstić information content (AvgIpc) is 2.34. The van der Waals surface area contributed by atoms with Crippen molar-refractivity contribution in [1.82, 2.24) is 0 Å². The summed E-state index contributed by atoms with van der Waals surface area (Å²) in [7, 11) is 1.53. The van der Waals surface area contributed by atoms with Crippen molar-refractivity contribution in [3.05, 3.63) is 50.3 Å². The Morgan fingerprint density at radius 2 is 1.75 bits per heavy atom. The average molecular weight is 213 g/mol. The number of hydrogen-bond acceptors (Lipinski definition) is 4. The molecule has 16 heavy (non-hydrogen) atoms. The molecule has 0 aliphatic rings. The van der Waals surface area contributed by atoms with Gasteiger partial charge in [-0.05, 0) is 17.7 Å². The number of methoxy groups -OCH3 is 1. The molecule has 2 aromatic rings. The standard InChI is InChI=1S/C12H7NO3/c1-16-8-4-2-7(3-5-8)10-9(6-13)11(14)12(10)15/h2-5H,1H3. The highest BCUT2D eigenvalue weighted by Gasteiger charge is 2.21. The van der Waals surface area contributed by atoms with Gasteiger partial charge in [-0.1, -0.05) is 12.1 Å². The van der Waals surface area contributed by atoms with Crippen LogP contribution in [0.2, 0.25) is 0 Å². The molecule has 4 heteroatoms. The number of nitriles is 1. The Morgan fingerprint density at radius 1 is 1.12 bits per heavy atom. The lowest BCUT2D eigenvalue weighted by Crippen LogP contribution is -2.36.